The van der Waals surface area contributed by atoms with E-state index in [0.717, 1.165) is 41.0 Å². The number of aryl methyl sites for hydroxylation is 2. The minimum absolute atomic E-state index is 0.0659. The second-order valence-electron chi connectivity index (χ2n) is 7.01. The van der Waals surface area contributed by atoms with Crippen LogP contribution in [0.1, 0.15) is 31.7 Å². The number of fused-ring (bicyclic) bond motifs is 2. The molecule has 0 bridgehead atoms. The molecule has 8 nitrogen and oxygen atoms in total. The highest BCUT2D eigenvalue weighted by Gasteiger charge is 2.41. The lowest BCUT2D eigenvalue weighted by atomic mass is 10.2. The van der Waals surface area contributed by atoms with E-state index in [2.05, 4.69) is 60.3 Å². The van der Waals surface area contributed by atoms with E-state index in [-0.39, 0.29) is 12.5 Å². The van der Waals surface area contributed by atoms with Crippen LogP contribution in [-0.4, -0.2) is 53.0 Å². The van der Waals surface area contributed by atoms with Gasteiger partial charge in [-0.3, -0.25) is 0 Å². The van der Waals surface area contributed by atoms with Crippen LogP contribution in [0.25, 0.3) is 0 Å². The highest BCUT2D eigenvalue weighted by molar-refractivity contribution is 5.95. The van der Waals surface area contributed by atoms with Gasteiger partial charge in [0.15, 0.2) is 6.17 Å². The first-order chi connectivity index (χ1) is 11.8. The van der Waals surface area contributed by atoms with Crippen LogP contribution in [0.2, 0.25) is 0 Å². The average Bonchev–Trinajstić information content (AvgIpc) is 3.01. The Hall–Kier alpha value is -2.64. The van der Waals surface area contributed by atoms with E-state index in [1.165, 1.54) is 0 Å². The number of aliphatic imine (C=N–C) groups is 1. The third-order valence-corrected chi connectivity index (χ3v) is 4.98. The molecule has 8 heteroatoms. The van der Waals surface area contributed by atoms with Gasteiger partial charge in [-0.1, -0.05) is 4.98 Å². The number of allylic oxidation sites excluding steroid dienone is 2. The van der Waals surface area contributed by atoms with Gasteiger partial charge < -0.3 is 4.90 Å². The number of amidine groups is 1. The van der Waals surface area contributed by atoms with Crippen molar-refractivity contribution in [2.45, 2.75) is 46.6 Å². The molecule has 0 radical (unpaired) electrons. The Morgan fingerprint density at radius 1 is 1.16 bits per heavy atom. The van der Waals surface area contributed by atoms with Crippen LogP contribution in [0.3, 0.4) is 0 Å². The molecule has 0 spiro atoms. The van der Waals surface area contributed by atoms with E-state index in [9.17, 15) is 0 Å². The monoisotopic (exact) mass is 341 g/mol. The van der Waals surface area contributed by atoms with Gasteiger partial charge in [-0.05, 0) is 33.8 Å². The van der Waals surface area contributed by atoms with E-state index in [1.807, 2.05) is 23.5 Å². The normalized spacial score (nSPS) is 24.6. The van der Waals surface area contributed by atoms with Gasteiger partial charge in [0, 0.05) is 24.5 Å². The third kappa shape index (κ3) is 2.43. The van der Waals surface area contributed by atoms with Crippen molar-refractivity contribution in [1.29, 1.82) is 0 Å². The minimum atomic E-state index is -0.0659. The van der Waals surface area contributed by atoms with Crippen LogP contribution in [-0.2, 0) is 0 Å². The van der Waals surface area contributed by atoms with Crippen molar-refractivity contribution < 1.29 is 4.68 Å². The summed E-state index contributed by atoms with van der Waals surface area (Å²) in [5.74, 6) is 1.95. The topological polar surface area (TPSA) is 63.2 Å². The number of hydrogen-bond acceptors (Lipinski definition) is 7. The molecule has 4 heterocycles. The highest BCUT2D eigenvalue weighted by Crippen LogP contribution is 2.27. The van der Waals surface area contributed by atoms with Crippen LogP contribution in [0.5, 0.6) is 0 Å². The van der Waals surface area contributed by atoms with Crippen LogP contribution >= 0.6 is 0 Å². The van der Waals surface area contributed by atoms with E-state index in [1.54, 1.807) is 0 Å². The second kappa shape index (κ2) is 5.44. The lowest BCUT2D eigenvalue weighted by Crippen LogP contribution is -2.49. The van der Waals surface area contributed by atoms with Crippen molar-refractivity contribution in [2.24, 2.45) is 10.1 Å². The van der Waals surface area contributed by atoms with Gasteiger partial charge in [-0.25, -0.2) is 20.3 Å². The zero-order valence-corrected chi connectivity index (χ0v) is 15.6. The van der Waals surface area contributed by atoms with Crippen molar-refractivity contribution in [1.82, 2.24) is 14.9 Å². The molecule has 3 aliphatic rings. The van der Waals surface area contributed by atoms with Gasteiger partial charge in [0.2, 0.25) is 6.29 Å². The number of anilines is 1. The molecule has 0 aliphatic carbocycles. The maximum absolute atomic E-state index is 4.81. The third-order valence-electron chi connectivity index (χ3n) is 4.98. The molecular weight excluding hydrogens is 316 g/mol. The van der Waals surface area contributed by atoms with Crippen molar-refractivity contribution in [3.8, 4) is 0 Å². The lowest BCUT2D eigenvalue weighted by molar-refractivity contribution is -0.638. The van der Waals surface area contributed by atoms with Gasteiger partial charge in [-0.15, -0.1) is 4.68 Å². The summed E-state index contributed by atoms with van der Waals surface area (Å²) in [6, 6.07) is 2.08. The zero-order chi connectivity index (χ0) is 17.9. The zero-order valence-electron chi connectivity index (χ0n) is 15.6. The molecule has 2 atom stereocenters. The minimum Gasteiger partial charge on any atom is -0.321 e. The number of hydrazone groups is 1. The van der Waals surface area contributed by atoms with E-state index >= 15 is 0 Å². The van der Waals surface area contributed by atoms with Gasteiger partial charge in [0.25, 0.3) is 0 Å². The molecule has 0 fully saturated rings. The van der Waals surface area contributed by atoms with Crippen molar-refractivity contribution in [3.63, 3.8) is 0 Å². The Morgan fingerprint density at radius 2 is 1.92 bits per heavy atom. The number of nitrogens with zero attached hydrogens (tertiary/aromatic N) is 7. The Balaban J connectivity index is 1.57. The molecular formula is C17H25N8+. The van der Waals surface area contributed by atoms with Crippen LogP contribution in [0, 0.1) is 13.8 Å². The van der Waals surface area contributed by atoms with Crippen LogP contribution in [0.15, 0.2) is 27.9 Å². The molecule has 25 heavy (non-hydrogen) atoms. The second-order valence-corrected chi connectivity index (χ2v) is 7.01. The Kier molecular flexibility index (Phi) is 3.45. The van der Waals surface area contributed by atoms with Gasteiger partial charge in [0.05, 0.1) is 13.5 Å². The summed E-state index contributed by atoms with van der Waals surface area (Å²) in [5.41, 5.74) is 7.87. The summed E-state index contributed by atoms with van der Waals surface area (Å²) in [7, 11) is 4.13. The fourth-order valence-electron chi connectivity index (χ4n) is 3.61. The SMILES string of the molecule is CC1=CC(C)=N[C@@H]2N(C)C(C[C@H]3N[n+]4c(C)cc(C)nc4N3C)=NN12. The molecule has 3 aliphatic heterocycles. The maximum Gasteiger partial charge on any atom is 0.418 e. The molecule has 0 amide bonds. The number of rotatable bonds is 2. The summed E-state index contributed by atoms with van der Waals surface area (Å²) in [6.07, 6.45) is 2.87. The fourth-order valence-corrected chi connectivity index (χ4v) is 3.61. The smallest absolute Gasteiger partial charge is 0.321 e. The van der Waals surface area contributed by atoms with E-state index in [4.69, 9.17) is 10.1 Å². The number of nitrogens with one attached hydrogen (secondary N) is 1. The average molecular weight is 341 g/mol. The van der Waals surface area contributed by atoms with Crippen molar-refractivity contribution in [2.75, 3.05) is 24.4 Å². The molecule has 0 saturated heterocycles. The first-order valence-corrected chi connectivity index (χ1v) is 8.57. The van der Waals surface area contributed by atoms with E-state index in [0.29, 0.717) is 0 Å². The Bertz CT molecular complexity index is 824. The lowest BCUT2D eigenvalue weighted by Gasteiger charge is -2.29. The Labute approximate surface area is 148 Å². The molecule has 0 unspecified atom stereocenters. The summed E-state index contributed by atoms with van der Waals surface area (Å²) in [4.78, 5) is 13.7. The quantitative estimate of drug-likeness (QED) is 0.811. The number of hydrogen-bond donors (Lipinski definition) is 1. The van der Waals surface area contributed by atoms with Gasteiger partial charge >= 0.3 is 5.95 Å². The molecule has 1 aromatic heterocycles. The molecule has 1 N–H and O–H groups in total. The predicted octanol–water partition coefficient (Wildman–Crippen LogP) is 0.918. The fraction of sp³-hybridized carbons (Fsp3) is 0.529. The van der Waals surface area contributed by atoms with Gasteiger partial charge in [-0.2, -0.15) is 5.10 Å². The molecule has 132 valence electrons. The number of aromatic nitrogens is 2. The summed E-state index contributed by atoms with van der Waals surface area (Å²) < 4.78 is 2.05. The highest BCUT2D eigenvalue weighted by atomic mass is 15.7. The van der Waals surface area contributed by atoms with E-state index < -0.39 is 0 Å². The first kappa shape index (κ1) is 15.9. The van der Waals surface area contributed by atoms with Crippen LogP contribution < -0.4 is 15.0 Å². The first-order valence-electron chi connectivity index (χ1n) is 8.57. The van der Waals surface area contributed by atoms with Crippen molar-refractivity contribution >= 4 is 17.5 Å². The molecule has 0 saturated carbocycles. The largest absolute Gasteiger partial charge is 0.418 e. The van der Waals surface area contributed by atoms with Crippen LogP contribution in [0.4, 0.5) is 5.95 Å². The predicted molar refractivity (Wildman–Crippen MR) is 97.8 cm³/mol. The standard InChI is InChI=1S/C17H25N8/c1-10-7-12(3)24-16(18-10)22(5)14(20-24)9-15-21-25-13(4)8-11(2)19-17(25)23(15)6/h7-8,14,17,20H,9H2,1-6H3/q+1/t14-,17+/m0/s1. The maximum atomic E-state index is 4.81. The van der Waals surface area contributed by atoms with Crippen molar-refractivity contribution in [3.05, 3.63) is 29.2 Å². The Morgan fingerprint density at radius 3 is 2.68 bits per heavy atom. The summed E-state index contributed by atoms with van der Waals surface area (Å²) in [6.45, 7) is 8.22. The van der Waals surface area contributed by atoms with Gasteiger partial charge in [0.1, 0.15) is 17.2 Å². The molecule has 4 rings (SSSR count). The summed E-state index contributed by atoms with van der Waals surface area (Å²) >= 11 is 0. The molecule has 0 aromatic carbocycles. The molecule has 1 aromatic rings. The summed E-state index contributed by atoms with van der Waals surface area (Å²) in [5, 5.41) is 6.80.